The molecule has 2 rings (SSSR count). The third-order valence-electron chi connectivity index (χ3n) is 5.26. The fraction of sp³-hybridized carbons (Fsp3) is 0.417. The fourth-order valence-electron chi connectivity index (χ4n) is 3.30. The van der Waals surface area contributed by atoms with Crippen molar-refractivity contribution in [1.29, 1.82) is 0 Å². The second-order valence-corrected chi connectivity index (χ2v) is 8.32. The molecule has 0 bridgehead atoms. The van der Waals surface area contributed by atoms with Crippen molar-refractivity contribution in [2.75, 3.05) is 7.11 Å². The minimum absolute atomic E-state index is 0.0445. The predicted octanol–water partition coefficient (Wildman–Crippen LogP) is 5.51. The van der Waals surface area contributed by atoms with Gasteiger partial charge in [-0.05, 0) is 25.0 Å². The summed E-state index contributed by atoms with van der Waals surface area (Å²) in [4.78, 5) is 28.6. The molecule has 6 nitrogen and oxygen atoms in total. The molecule has 2 aromatic rings. The molecule has 184 valence electrons. The maximum atomic E-state index is 13.4. The van der Waals surface area contributed by atoms with E-state index in [4.69, 9.17) is 26.4 Å². The Morgan fingerprint density at radius 3 is 2.35 bits per heavy atom. The van der Waals surface area contributed by atoms with Crippen LogP contribution < -0.4 is 9.47 Å². The van der Waals surface area contributed by atoms with Crippen LogP contribution >= 0.6 is 12.2 Å². The summed E-state index contributed by atoms with van der Waals surface area (Å²) in [5, 5.41) is 0. The largest absolute Gasteiger partial charge is 0.493 e. The topological polar surface area (TPSA) is 74.7 Å². The predicted molar refractivity (Wildman–Crippen MR) is 123 cm³/mol. The maximum Gasteiger partial charge on any atom is 0.416 e. The summed E-state index contributed by atoms with van der Waals surface area (Å²) in [6, 6.07) is 6.71. The molecule has 0 aliphatic rings. The Kier molecular flexibility index (Phi) is 9.14. The summed E-state index contributed by atoms with van der Waals surface area (Å²) in [5.74, 6) is -2.33. The Morgan fingerprint density at radius 2 is 1.76 bits per heavy atom. The quantitative estimate of drug-likeness (QED) is 0.257. The molecule has 1 aromatic carbocycles. The van der Waals surface area contributed by atoms with Gasteiger partial charge in [0.25, 0.3) is 0 Å². The molecule has 0 saturated carbocycles. The van der Waals surface area contributed by atoms with E-state index >= 15 is 0 Å². The lowest BCUT2D eigenvalue weighted by Gasteiger charge is -2.25. The molecule has 0 N–H and O–H groups in total. The molecule has 0 aliphatic carbocycles. The van der Waals surface area contributed by atoms with Gasteiger partial charge in [0.05, 0.1) is 18.6 Å². The number of methoxy groups -OCH3 is 1. The van der Waals surface area contributed by atoms with Crippen molar-refractivity contribution in [2.45, 2.75) is 52.3 Å². The van der Waals surface area contributed by atoms with Gasteiger partial charge in [0.1, 0.15) is 11.8 Å². The van der Waals surface area contributed by atoms with E-state index in [1.807, 2.05) is 0 Å². The van der Waals surface area contributed by atoms with Gasteiger partial charge in [-0.3, -0.25) is 14.6 Å². The number of hydrogen-bond acceptors (Lipinski definition) is 7. The van der Waals surface area contributed by atoms with E-state index in [-0.39, 0.29) is 34.0 Å². The number of alkyl halides is 3. The van der Waals surface area contributed by atoms with Crippen molar-refractivity contribution < 1.29 is 37.0 Å². The Balaban J connectivity index is 2.13. The van der Waals surface area contributed by atoms with Gasteiger partial charge in [-0.25, -0.2) is 0 Å². The van der Waals surface area contributed by atoms with Crippen LogP contribution in [0.4, 0.5) is 13.2 Å². The molecule has 0 spiro atoms. The van der Waals surface area contributed by atoms with Gasteiger partial charge < -0.3 is 14.2 Å². The minimum atomic E-state index is -4.52. The molecule has 0 aliphatic heterocycles. The van der Waals surface area contributed by atoms with Crippen LogP contribution in [-0.2, 0) is 20.5 Å². The van der Waals surface area contributed by atoms with Gasteiger partial charge in [0, 0.05) is 30.0 Å². The van der Waals surface area contributed by atoms with Gasteiger partial charge >= 0.3 is 18.1 Å². The number of pyridine rings is 1. The summed E-state index contributed by atoms with van der Waals surface area (Å²) in [7, 11) is 1.40. The first-order chi connectivity index (χ1) is 15.9. The zero-order valence-corrected chi connectivity index (χ0v) is 20.3. The lowest BCUT2D eigenvalue weighted by atomic mass is 9.91. The maximum absolute atomic E-state index is 13.4. The molecule has 1 aromatic heterocycles. The standard InChI is InChI=1S/C24H26F3NO5S/c1-13(12-20(34)21-22(33-16(4)29)19(31-5)10-11-28-21)23(30)32-15(3)14(2)17-8-6-7-9-18(17)24(25,26)27/h6-11,13-15H,12H2,1-5H3/t13-,14-,15+/m1/s1. The lowest BCUT2D eigenvalue weighted by Crippen LogP contribution is -2.27. The molecule has 0 radical (unpaired) electrons. The second kappa shape index (κ2) is 11.4. The van der Waals surface area contributed by atoms with E-state index in [1.54, 1.807) is 20.8 Å². The third-order valence-corrected chi connectivity index (χ3v) is 5.62. The van der Waals surface area contributed by atoms with Crippen LogP contribution in [0.1, 0.15) is 56.9 Å². The van der Waals surface area contributed by atoms with E-state index in [0.29, 0.717) is 0 Å². The highest BCUT2D eigenvalue weighted by Gasteiger charge is 2.36. The zero-order chi connectivity index (χ0) is 25.6. The summed E-state index contributed by atoms with van der Waals surface area (Å²) in [6.45, 7) is 5.92. The van der Waals surface area contributed by atoms with Gasteiger partial charge in [-0.2, -0.15) is 13.2 Å². The number of ether oxygens (including phenoxy) is 3. The van der Waals surface area contributed by atoms with Gasteiger partial charge in [-0.15, -0.1) is 0 Å². The Hall–Kier alpha value is -3.01. The van der Waals surface area contributed by atoms with E-state index in [2.05, 4.69) is 4.98 Å². The second-order valence-electron chi connectivity index (χ2n) is 7.83. The SMILES string of the molecule is COc1ccnc(C(=S)C[C@@H](C)C(=O)O[C@@H](C)[C@@H](C)c2ccccc2C(F)(F)F)c1OC(C)=O. The van der Waals surface area contributed by atoms with Crippen LogP contribution in [0.15, 0.2) is 36.5 Å². The van der Waals surface area contributed by atoms with Crippen molar-refractivity contribution >= 4 is 29.0 Å². The van der Waals surface area contributed by atoms with E-state index in [1.165, 1.54) is 44.5 Å². The molecule has 0 amide bonds. The first kappa shape index (κ1) is 27.2. The number of carbonyl (C=O) groups is 2. The molecule has 1 heterocycles. The number of aromatic nitrogens is 1. The molecule has 0 fully saturated rings. The van der Waals surface area contributed by atoms with Crippen LogP contribution in [0.2, 0.25) is 0 Å². The molecular weight excluding hydrogens is 471 g/mol. The molecule has 34 heavy (non-hydrogen) atoms. The van der Waals surface area contributed by atoms with Crippen molar-refractivity contribution in [3.63, 3.8) is 0 Å². The summed E-state index contributed by atoms with van der Waals surface area (Å²) in [5.41, 5.74) is -0.531. The fourth-order valence-corrected chi connectivity index (χ4v) is 3.69. The number of nitrogens with zero attached hydrogens (tertiary/aromatic N) is 1. The summed E-state index contributed by atoms with van der Waals surface area (Å²) >= 11 is 5.42. The van der Waals surface area contributed by atoms with E-state index in [9.17, 15) is 22.8 Å². The highest BCUT2D eigenvalue weighted by molar-refractivity contribution is 7.80. The first-order valence-electron chi connectivity index (χ1n) is 10.5. The zero-order valence-electron chi connectivity index (χ0n) is 19.4. The minimum Gasteiger partial charge on any atom is -0.493 e. The molecule has 10 heteroatoms. The van der Waals surface area contributed by atoms with Gasteiger partial charge in [0.15, 0.2) is 11.5 Å². The number of thiocarbonyl (C=S) groups is 1. The molecular formula is C24H26F3NO5S. The van der Waals surface area contributed by atoms with Gasteiger partial charge in [-0.1, -0.05) is 44.3 Å². The van der Waals surface area contributed by atoms with Crippen LogP contribution in [0.5, 0.6) is 11.5 Å². The number of benzene rings is 1. The van der Waals surface area contributed by atoms with Crippen LogP contribution in [0, 0.1) is 5.92 Å². The van der Waals surface area contributed by atoms with Crippen LogP contribution in [0.25, 0.3) is 0 Å². The lowest BCUT2D eigenvalue weighted by molar-refractivity contribution is -0.153. The average molecular weight is 498 g/mol. The summed E-state index contributed by atoms with van der Waals surface area (Å²) in [6.07, 6.45) is -3.86. The Labute approximate surface area is 201 Å². The van der Waals surface area contributed by atoms with Crippen LogP contribution in [-0.4, -0.2) is 35.0 Å². The first-order valence-corrected chi connectivity index (χ1v) is 10.9. The highest BCUT2D eigenvalue weighted by Crippen LogP contribution is 2.37. The molecule has 0 saturated heterocycles. The number of esters is 2. The average Bonchev–Trinajstić information content (AvgIpc) is 2.77. The molecule has 3 atom stereocenters. The van der Waals surface area contributed by atoms with Crippen molar-refractivity contribution in [2.24, 2.45) is 5.92 Å². The Morgan fingerprint density at radius 1 is 1.12 bits per heavy atom. The van der Waals surface area contributed by atoms with Crippen LogP contribution in [0.3, 0.4) is 0 Å². The monoisotopic (exact) mass is 497 g/mol. The Bertz CT molecular complexity index is 1060. The number of halogens is 3. The van der Waals surface area contributed by atoms with Crippen molar-refractivity contribution in [1.82, 2.24) is 4.98 Å². The number of hydrogen-bond donors (Lipinski definition) is 0. The smallest absolute Gasteiger partial charge is 0.416 e. The number of carbonyl (C=O) groups excluding carboxylic acids is 2. The third kappa shape index (κ3) is 6.75. The molecule has 0 unspecified atom stereocenters. The summed E-state index contributed by atoms with van der Waals surface area (Å²) < 4.78 is 56.0. The van der Waals surface area contributed by atoms with E-state index in [0.717, 1.165) is 6.07 Å². The van der Waals surface area contributed by atoms with Gasteiger partial charge in [0.2, 0.25) is 0 Å². The van der Waals surface area contributed by atoms with Crippen molar-refractivity contribution in [3.05, 3.63) is 53.3 Å². The van der Waals surface area contributed by atoms with E-state index < -0.39 is 41.6 Å². The normalized spacial score (nSPS) is 14.0. The van der Waals surface area contributed by atoms with Crippen molar-refractivity contribution in [3.8, 4) is 11.5 Å². The number of rotatable bonds is 9. The highest BCUT2D eigenvalue weighted by atomic mass is 32.1.